The summed E-state index contributed by atoms with van der Waals surface area (Å²) in [5.41, 5.74) is 13.7. The smallest absolute Gasteiger partial charge is 0.324 e. The van der Waals surface area contributed by atoms with E-state index in [9.17, 15) is 0 Å². The third kappa shape index (κ3) is 2.70. The normalized spacial score (nSPS) is 14.8. The summed E-state index contributed by atoms with van der Waals surface area (Å²) in [6, 6.07) is 44.8. The molecule has 0 radical (unpaired) electrons. The van der Waals surface area contributed by atoms with Gasteiger partial charge in [-0.15, -0.1) is 0 Å². The van der Waals surface area contributed by atoms with E-state index in [1.807, 2.05) is 0 Å². The zero-order chi connectivity index (χ0) is 23.6. The lowest BCUT2D eigenvalue weighted by Gasteiger charge is -2.50. The van der Waals surface area contributed by atoms with Gasteiger partial charge in [0.15, 0.2) is 0 Å². The number of hydrogen-bond acceptors (Lipinski definition) is 2. The van der Waals surface area contributed by atoms with Crippen molar-refractivity contribution in [3.63, 3.8) is 0 Å². The molecule has 0 fully saturated rings. The molecule has 0 saturated heterocycles. The summed E-state index contributed by atoms with van der Waals surface area (Å²) >= 11 is 0. The Balaban J connectivity index is 1.44. The summed E-state index contributed by atoms with van der Waals surface area (Å²) in [7, 11) is 0. The lowest BCUT2D eigenvalue weighted by molar-refractivity contribution is 0.901. The molecule has 8 rings (SSSR count). The molecule has 0 saturated carbocycles. The highest BCUT2D eigenvalue weighted by Gasteiger charge is 2.45. The fourth-order valence-corrected chi connectivity index (χ4v) is 6.84. The average molecular weight is 458 g/mol. The first-order valence-corrected chi connectivity index (χ1v) is 12.9. The highest BCUT2D eigenvalue weighted by atomic mass is 15.2. The molecule has 0 bridgehead atoms. The molecule has 0 amide bonds. The predicted octanol–water partition coefficient (Wildman–Crippen LogP) is 3.89. The SMILES string of the molecule is c1ccc(B2c3ccccc3-c3ccc4c5c3N2CCN5B(c2ccccc2)c2ccccc2-4)cc1. The molecule has 0 unspecified atom stereocenters. The molecular weight excluding hydrogens is 434 g/mol. The van der Waals surface area contributed by atoms with Crippen molar-refractivity contribution in [1.82, 2.24) is 0 Å². The Hall–Kier alpha value is -4.17. The van der Waals surface area contributed by atoms with Gasteiger partial charge in [0.25, 0.3) is 0 Å². The van der Waals surface area contributed by atoms with Crippen LogP contribution in [-0.4, -0.2) is 26.8 Å². The standard InChI is InChI=1S/C32H24B2N2/c1-3-11-23(12-4-1)33-29-17-9-7-15-25(29)27-19-20-28-26-16-8-10-18-30(26)34(24-13-5-2-6-14-24)36-22-21-35(33)31(27)32(28)36/h1-20H,21-22H2. The van der Waals surface area contributed by atoms with E-state index in [2.05, 4.69) is 131 Å². The number of benzene rings is 5. The van der Waals surface area contributed by atoms with Crippen LogP contribution < -0.4 is 31.5 Å². The van der Waals surface area contributed by atoms with E-state index in [0.29, 0.717) is 0 Å². The van der Waals surface area contributed by atoms with Crippen molar-refractivity contribution in [2.24, 2.45) is 0 Å². The Bertz CT molecular complexity index is 1490. The van der Waals surface area contributed by atoms with Gasteiger partial charge in [0.2, 0.25) is 0 Å². The van der Waals surface area contributed by atoms with Crippen LogP contribution in [-0.2, 0) is 0 Å². The molecule has 0 aliphatic carbocycles. The van der Waals surface area contributed by atoms with E-state index in [1.165, 1.54) is 55.5 Å². The molecular formula is C32H24B2N2. The first kappa shape index (κ1) is 20.1. The van der Waals surface area contributed by atoms with Crippen molar-refractivity contribution in [2.45, 2.75) is 0 Å². The number of rotatable bonds is 2. The van der Waals surface area contributed by atoms with Crippen molar-refractivity contribution in [3.8, 4) is 22.3 Å². The summed E-state index contributed by atoms with van der Waals surface area (Å²) in [5.74, 6) is 0. The maximum Gasteiger partial charge on any atom is 0.324 e. The molecule has 3 heterocycles. The summed E-state index contributed by atoms with van der Waals surface area (Å²) in [4.78, 5) is 5.36. The van der Waals surface area contributed by atoms with Crippen LogP contribution in [0.25, 0.3) is 22.3 Å². The predicted molar refractivity (Wildman–Crippen MR) is 155 cm³/mol. The van der Waals surface area contributed by atoms with Crippen molar-refractivity contribution in [2.75, 3.05) is 22.7 Å². The summed E-state index contributed by atoms with van der Waals surface area (Å²) < 4.78 is 0. The van der Waals surface area contributed by atoms with E-state index in [-0.39, 0.29) is 13.7 Å². The second-order valence-corrected chi connectivity index (χ2v) is 10.0. The van der Waals surface area contributed by atoms with Gasteiger partial charge < -0.3 is 9.62 Å². The lowest BCUT2D eigenvalue weighted by atomic mass is 9.43. The fourth-order valence-electron chi connectivity index (χ4n) is 6.84. The van der Waals surface area contributed by atoms with Crippen molar-refractivity contribution in [3.05, 3.63) is 121 Å². The second kappa shape index (κ2) is 7.66. The van der Waals surface area contributed by atoms with Gasteiger partial charge in [-0.2, -0.15) is 0 Å². The van der Waals surface area contributed by atoms with Gasteiger partial charge in [0.05, 0.1) is 11.4 Å². The Kier molecular flexibility index (Phi) is 4.27. The zero-order valence-corrected chi connectivity index (χ0v) is 20.0. The Morgan fingerprint density at radius 3 is 1.22 bits per heavy atom. The number of nitrogens with zero attached hydrogens (tertiary/aromatic N) is 2. The van der Waals surface area contributed by atoms with Gasteiger partial charge in [0, 0.05) is 24.2 Å². The van der Waals surface area contributed by atoms with Crippen LogP contribution in [0.4, 0.5) is 11.4 Å². The van der Waals surface area contributed by atoms with Gasteiger partial charge in [-0.1, -0.05) is 132 Å². The van der Waals surface area contributed by atoms with E-state index < -0.39 is 0 Å². The minimum absolute atomic E-state index is 0.218. The molecule has 0 atom stereocenters. The van der Waals surface area contributed by atoms with Crippen molar-refractivity contribution >= 4 is 46.9 Å². The van der Waals surface area contributed by atoms with Gasteiger partial charge >= 0.3 is 13.7 Å². The zero-order valence-electron chi connectivity index (χ0n) is 20.0. The maximum atomic E-state index is 2.68. The monoisotopic (exact) mass is 458 g/mol. The number of anilines is 2. The number of hydrogen-bond donors (Lipinski definition) is 0. The van der Waals surface area contributed by atoms with E-state index >= 15 is 0 Å². The third-order valence-electron chi connectivity index (χ3n) is 8.25. The molecule has 3 aliphatic rings. The summed E-state index contributed by atoms with van der Waals surface area (Å²) in [6.45, 7) is 2.41. The molecule has 36 heavy (non-hydrogen) atoms. The maximum absolute atomic E-state index is 2.68. The first-order valence-electron chi connectivity index (χ1n) is 12.9. The number of fused-ring (bicyclic) bond motifs is 4. The fraction of sp³-hybridized carbons (Fsp3) is 0.0625. The van der Waals surface area contributed by atoms with Crippen LogP contribution in [0.2, 0.25) is 0 Å². The van der Waals surface area contributed by atoms with Gasteiger partial charge in [0.1, 0.15) is 0 Å². The van der Waals surface area contributed by atoms with Crippen LogP contribution in [0, 0.1) is 0 Å². The Labute approximate surface area is 213 Å². The molecule has 5 aromatic carbocycles. The summed E-state index contributed by atoms with van der Waals surface area (Å²) in [6.07, 6.45) is 0. The van der Waals surface area contributed by atoms with Crippen LogP contribution in [0.3, 0.4) is 0 Å². The van der Waals surface area contributed by atoms with Crippen LogP contribution in [0.5, 0.6) is 0 Å². The van der Waals surface area contributed by atoms with Gasteiger partial charge in [-0.3, -0.25) is 0 Å². The largest absolute Gasteiger partial charge is 0.403 e. The van der Waals surface area contributed by atoms with Crippen LogP contribution in [0.15, 0.2) is 121 Å². The Morgan fingerprint density at radius 2 is 0.778 bits per heavy atom. The van der Waals surface area contributed by atoms with Crippen LogP contribution in [0.1, 0.15) is 0 Å². The molecule has 4 heteroatoms. The molecule has 168 valence electrons. The Morgan fingerprint density at radius 1 is 0.389 bits per heavy atom. The van der Waals surface area contributed by atoms with Gasteiger partial charge in [-0.25, -0.2) is 0 Å². The highest BCUT2D eigenvalue weighted by Crippen LogP contribution is 2.50. The topological polar surface area (TPSA) is 6.48 Å². The van der Waals surface area contributed by atoms with Crippen molar-refractivity contribution < 1.29 is 0 Å². The second-order valence-electron chi connectivity index (χ2n) is 10.0. The molecule has 3 aliphatic heterocycles. The minimum Gasteiger partial charge on any atom is -0.403 e. The van der Waals surface area contributed by atoms with E-state index in [4.69, 9.17) is 0 Å². The van der Waals surface area contributed by atoms with Crippen LogP contribution >= 0.6 is 0 Å². The molecule has 0 spiro atoms. The van der Waals surface area contributed by atoms with E-state index in [1.54, 1.807) is 0 Å². The summed E-state index contributed by atoms with van der Waals surface area (Å²) in [5, 5.41) is 0. The molecule has 0 N–H and O–H groups in total. The third-order valence-corrected chi connectivity index (χ3v) is 8.25. The molecule has 0 aromatic heterocycles. The average Bonchev–Trinajstić information content (AvgIpc) is 2.96. The van der Waals surface area contributed by atoms with Crippen molar-refractivity contribution in [1.29, 1.82) is 0 Å². The lowest BCUT2D eigenvalue weighted by Crippen LogP contribution is -2.67. The quantitative estimate of drug-likeness (QED) is 0.371. The highest BCUT2D eigenvalue weighted by molar-refractivity contribution is 6.92. The molecule has 2 nitrogen and oxygen atoms in total. The minimum atomic E-state index is 0.218. The van der Waals surface area contributed by atoms with E-state index in [0.717, 1.165) is 13.1 Å². The first-order chi connectivity index (χ1) is 17.9. The molecule has 5 aromatic rings. The van der Waals surface area contributed by atoms with Gasteiger partial charge in [-0.05, 0) is 22.1 Å².